The molecule has 1 atom stereocenters. The van der Waals surface area contributed by atoms with Crippen molar-refractivity contribution in [2.75, 3.05) is 13.1 Å². The minimum Gasteiger partial charge on any atom is -0.480 e. The van der Waals surface area contributed by atoms with E-state index in [1.54, 1.807) is 6.20 Å². The number of aromatic nitrogens is 4. The van der Waals surface area contributed by atoms with Gasteiger partial charge in [-0.15, -0.1) is 0 Å². The van der Waals surface area contributed by atoms with Crippen LogP contribution < -0.4 is 0 Å². The van der Waals surface area contributed by atoms with Crippen molar-refractivity contribution in [1.29, 1.82) is 0 Å². The predicted octanol–water partition coefficient (Wildman–Crippen LogP) is 1.08. The summed E-state index contributed by atoms with van der Waals surface area (Å²) in [5, 5.41) is 13.2. The van der Waals surface area contributed by atoms with Gasteiger partial charge in [0.15, 0.2) is 0 Å². The van der Waals surface area contributed by atoms with Gasteiger partial charge in [-0.05, 0) is 25.5 Å². The van der Waals surface area contributed by atoms with Gasteiger partial charge in [0, 0.05) is 38.1 Å². The first-order valence-electron chi connectivity index (χ1n) is 7.55. The number of nitrogens with zero attached hydrogens (tertiary/aromatic N) is 5. The number of likely N-dealkylation sites (tertiary alicyclic amines) is 1. The predicted molar refractivity (Wildman–Crippen MR) is 80.3 cm³/mol. The van der Waals surface area contributed by atoms with Crippen molar-refractivity contribution in [2.24, 2.45) is 7.05 Å². The molecular formula is C15H21N5O2. The summed E-state index contributed by atoms with van der Waals surface area (Å²) < 4.78 is 3.54. The summed E-state index contributed by atoms with van der Waals surface area (Å²) in [6.07, 6.45) is 7.76. The van der Waals surface area contributed by atoms with Crippen LogP contribution in [0.1, 0.15) is 30.3 Å². The smallest absolute Gasteiger partial charge is 0.325 e. The number of carboxylic acid groups (broad SMARTS) is 1. The first-order chi connectivity index (χ1) is 10.6. The Morgan fingerprint density at radius 3 is 3.05 bits per heavy atom. The molecule has 0 bridgehead atoms. The summed E-state index contributed by atoms with van der Waals surface area (Å²) in [7, 11) is 2.01. The third-order valence-electron chi connectivity index (χ3n) is 4.17. The van der Waals surface area contributed by atoms with Crippen molar-refractivity contribution in [3.05, 3.63) is 36.2 Å². The highest BCUT2D eigenvalue weighted by Crippen LogP contribution is 2.26. The van der Waals surface area contributed by atoms with Gasteiger partial charge in [-0.25, -0.2) is 4.98 Å². The SMILES string of the molecule is Cn1ccnc1CN1CCC[C@H](c2ccn(CC(=O)O)n2)C1. The van der Waals surface area contributed by atoms with Crippen molar-refractivity contribution in [3.8, 4) is 0 Å². The fraction of sp³-hybridized carbons (Fsp3) is 0.533. The molecule has 2 aromatic rings. The van der Waals surface area contributed by atoms with Crippen molar-refractivity contribution in [3.63, 3.8) is 0 Å². The molecule has 0 spiro atoms. The minimum absolute atomic E-state index is 0.0797. The largest absolute Gasteiger partial charge is 0.480 e. The molecule has 1 N–H and O–H groups in total. The molecule has 0 saturated carbocycles. The van der Waals surface area contributed by atoms with Gasteiger partial charge in [-0.3, -0.25) is 14.4 Å². The van der Waals surface area contributed by atoms with Gasteiger partial charge < -0.3 is 9.67 Å². The number of aliphatic carboxylic acids is 1. The Balaban J connectivity index is 1.64. The fourth-order valence-corrected chi connectivity index (χ4v) is 3.01. The Labute approximate surface area is 129 Å². The van der Waals surface area contributed by atoms with Gasteiger partial charge in [0.1, 0.15) is 12.4 Å². The van der Waals surface area contributed by atoms with Gasteiger partial charge in [0.25, 0.3) is 0 Å². The highest BCUT2D eigenvalue weighted by atomic mass is 16.4. The Bertz CT molecular complexity index is 648. The van der Waals surface area contributed by atoms with Gasteiger partial charge >= 0.3 is 5.97 Å². The lowest BCUT2D eigenvalue weighted by atomic mass is 9.95. The van der Waals surface area contributed by atoms with E-state index in [4.69, 9.17) is 5.11 Å². The second kappa shape index (κ2) is 6.31. The van der Waals surface area contributed by atoms with E-state index in [2.05, 4.69) is 15.0 Å². The summed E-state index contributed by atoms with van der Waals surface area (Å²) in [4.78, 5) is 17.5. The minimum atomic E-state index is -0.866. The Kier molecular flexibility index (Phi) is 4.24. The van der Waals surface area contributed by atoms with Crippen LogP contribution in [0.3, 0.4) is 0 Å². The number of carbonyl (C=O) groups is 1. The number of carboxylic acids is 1. The second-order valence-corrected chi connectivity index (χ2v) is 5.86. The van der Waals surface area contributed by atoms with Crippen molar-refractivity contribution >= 4 is 5.97 Å². The van der Waals surface area contributed by atoms with E-state index in [1.165, 1.54) is 4.68 Å². The van der Waals surface area contributed by atoms with Crippen LogP contribution in [0, 0.1) is 0 Å². The second-order valence-electron chi connectivity index (χ2n) is 5.86. The third-order valence-corrected chi connectivity index (χ3v) is 4.17. The van der Waals surface area contributed by atoms with Crippen LogP contribution >= 0.6 is 0 Å². The zero-order valence-corrected chi connectivity index (χ0v) is 12.7. The summed E-state index contributed by atoms with van der Waals surface area (Å²) >= 11 is 0. The Morgan fingerprint density at radius 2 is 2.32 bits per heavy atom. The molecule has 3 heterocycles. The molecule has 0 unspecified atom stereocenters. The molecule has 1 aliphatic rings. The molecule has 3 rings (SSSR count). The molecule has 7 nitrogen and oxygen atoms in total. The maximum atomic E-state index is 10.7. The maximum absolute atomic E-state index is 10.7. The molecule has 0 amide bonds. The molecular weight excluding hydrogens is 282 g/mol. The first kappa shape index (κ1) is 14.8. The van der Waals surface area contributed by atoms with E-state index in [-0.39, 0.29) is 6.54 Å². The van der Waals surface area contributed by atoms with Crippen LogP contribution in [0.2, 0.25) is 0 Å². The molecule has 1 fully saturated rings. The van der Waals surface area contributed by atoms with E-state index in [0.29, 0.717) is 5.92 Å². The van der Waals surface area contributed by atoms with Gasteiger partial charge in [0.2, 0.25) is 0 Å². The molecule has 1 aliphatic heterocycles. The lowest BCUT2D eigenvalue weighted by Crippen LogP contribution is -2.34. The zero-order chi connectivity index (χ0) is 15.5. The first-order valence-corrected chi connectivity index (χ1v) is 7.55. The molecule has 7 heteroatoms. The lowest BCUT2D eigenvalue weighted by molar-refractivity contribution is -0.137. The zero-order valence-electron chi connectivity index (χ0n) is 12.7. The number of hydrogen-bond donors (Lipinski definition) is 1. The average Bonchev–Trinajstić information content (AvgIpc) is 3.09. The van der Waals surface area contributed by atoms with Crippen molar-refractivity contribution < 1.29 is 9.90 Å². The molecule has 0 aromatic carbocycles. The molecule has 0 radical (unpaired) electrons. The topological polar surface area (TPSA) is 76.2 Å². The van der Waals surface area contributed by atoms with Gasteiger partial charge in [0.05, 0.1) is 12.2 Å². The van der Waals surface area contributed by atoms with Crippen molar-refractivity contribution in [2.45, 2.75) is 31.8 Å². The molecule has 1 saturated heterocycles. The summed E-state index contributed by atoms with van der Waals surface area (Å²) in [5.74, 6) is 0.566. The van der Waals surface area contributed by atoms with E-state index >= 15 is 0 Å². The van der Waals surface area contributed by atoms with Crippen molar-refractivity contribution in [1.82, 2.24) is 24.2 Å². The number of hydrogen-bond acceptors (Lipinski definition) is 4. The Morgan fingerprint density at radius 1 is 1.45 bits per heavy atom. The highest BCUT2D eigenvalue weighted by Gasteiger charge is 2.24. The summed E-state index contributed by atoms with van der Waals surface area (Å²) in [5.41, 5.74) is 0.991. The summed E-state index contributed by atoms with van der Waals surface area (Å²) in [6.45, 7) is 2.77. The number of aryl methyl sites for hydroxylation is 1. The van der Waals surface area contributed by atoms with Gasteiger partial charge in [-0.2, -0.15) is 5.10 Å². The van der Waals surface area contributed by atoms with Crippen LogP contribution in [0.5, 0.6) is 0 Å². The van der Waals surface area contributed by atoms with Gasteiger partial charge in [-0.1, -0.05) is 0 Å². The van der Waals surface area contributed by atoms with Crippen LogP contribution in [0.4, 0.5) is 0 Å². The van der Waals surface area contributed by atoms with E-state index in [1.807, 2.05) is 30.1 Å². The lowest BCUT2D eigenvalue weighted by Gasteiger charge is -2.31. The third kappa shape index (κ3) is 3.36. The van der Waals surface area contributed by atoms with Crippen LogP contribution in [0.15, 0.2) is 24.7 Å². The normalized spacial score (nSPS) is 19.4. The van der Waals surface area contributed by atoms with Crippen LogP contribution in [-0.4, -0.2) is 48.4 Å². The standard InChI is InChI=1S/C15H21N5O2/c1-18-8-5-16-14(18)10-19-6-2-3-12(9-19)13-4-7-20(17-13)11-15(21)22/h4-5,7-8,12H,2-3,6,9-11H2,1H3,(H,21,22)/t12-/m0/s1. The monoisotopic (exact) mass is 303 g/mol. The average molecular weight is 303 g/mol. The van der Waals surface area contributed by atoms with E-state index < -0.39 is 5.97 Å². The molecule has 22 heavy (non-hydrogen) atoms. The Hall–Kier alpha value is -2.15. The van der Waals surface area contributed by atoms with Crippen LogP contribution in [0.25, 0.3) is 0 Å². The van der Waals surface area contributed by atoms with E-state index in [9.17, 15) is 4.79 Å². The molecule has 118 valence electrons. The highest BCUT2D eigenvalue weighted by molar-refractivity contribution is 5.66. The quantitative estimate of drug-likeness (QED) is 0.894. The number of rotatable bonds is 5. The number of imidazole rings is 1. The maximum Gasteiger partial charge on any atom is 0.325 e. The molecule has 0 aliphatic carbocycles. The van der Waals surface area contributed by atoms with E-state index in [0.717, 1.165) is 44.0 Å². The number of piperidine rings is 1. The summed E-state index contributed by atoms with van der Waals surface area (Å²) in [6, 6.07) is 1.94. The molecule has 2 aromatic heterocycles. The van der Waals surface area contributed by atoms with Crippen LogP contribution in [-0.2, 0) is 24.9 Å². The fourth-order valence-electron chi connectivity index (χ4n) is 3.01.